The molecule has 0 saturated carbocycles. The van der Waals surface area contributed by atoms with Gasteiger partial charge in [0.25, 0.3) is 0 Å². The number of piperidine rings is 1. The van der Waals surface area contributed by atoms with Crippen LogP contribution in [-0.4, -0.2) is 53.9 Å². The molecule has 10 nitrogen and oxygen atoms in total. The van der Waals surface area contributed by atoms with Crippen LogP contribution in [-0.2, 0) is 28.9 Å². The fourth-order valence-electron chi connectivity index (χ4n) is 5.40. The number of rotatable bonds is 6. The number of allylic oxidation sites excluding steroid dienone is 1. The predicted octanol–water partition coefficient (Wildman–Crippen LogP) is 3.22. The quantitative estimate of drug-likeness (QED) is 0.520. The zero-order valence-electron chi connectivity index (χ0n) is 22.9. The Balaban J connectivity index is 2.04. The van der Waals surface area contributed by atoms with Gasteiger partial charge in [0.05, 0.1) is 47.9 Å². The van der Waals surface area contributed by atoms with Gasteiger partial charge < -0.3 is 20.1 Å². The van der Waals surface area contributed by atoms with E-state index in [-0.39, 0.29) is 27.6 Å². The standard InChI is InChI=1S/C29H32N4O6S/c1-18-9-8-14-32(17-18)22-15-20(12-13-23(22)40(4,36)37)33-26(29(35)39-3)25(28(34)38-2)24(21(16-30)27(33)31)19-10-6-5-7-11-19/h5-7,10-13,15,18,24H,8-9,14,17,31H2,1-4H3. The van der Waals surface area contributed by atoms with Gasteiger partial charge in [0.2, 0.25) is 0 Å². The van der Waals surface area contributed by atoms with Crippen molar-refractivity contribution in [1.29, 1.82) is 5.26 Å². The Morgan fingerprint density at radius 2 is 1.75 bits per heavy atom. The molecule has 0 aliphatic carbocycles. The smallest absolute Gasteiger partial charge is 0.355 e. The Bertz CT molecular complexity index is 1540. The van der Waals surface area contributed by atoms with Crippen molar-refractivity contribution in [2.24, 2.45) is 11.7 Å². The Labute approximate surface area is 234 Å². The Morgan fingerprint density at radius 1 is 1.07 bits per heavy atom. The summed E-state index contributed by atoms with van der Waals surface area (Å²) < 4.78 is 35.7. The van der Waals surface area contributed by atoms with Gasteiger partial charge in [0.15, 0.2) is 9.84 Å². The lowest BCUT2D eigenvalue weighted by molar-refractivity contribution is -0.139. The van der Waals surface area contributed by atoms with E-state index in [1.807, 2.05) is 4.90 Å². The molecule has 2 N–H and O–H groups in total. The van der Waals surface area contributed by atoms with Gasteiger partial charge in [-0.15, -0.1) is 0 Å². The van der Waals surface area contributed by atoms with E-state index in [4.69, 9.17) is 15.2 Å². The first-order chi connectivity index (χ1) is 19.0. The van der Waals surface area contributed by atoms with Crippen LogP contribution < -0.4 is 15.5 Å². The average Bonchev–Trinajstić information content (AvgIpc) is 2.95. The van der Waals surface area contributed by atoms with Crippen LogP contribution in [0.15, 0.2) is 76.1 Å². The molecule has 11 heteroatoms. The number of benzene rings is 2. The molecule has 2 aromatic carbocycles. The highest BCUT2D eigenvalue weighted by molar-refractivity contribution is 7.90. The van der Waals surface area contributed by atoms with E-state index < -0.39 is 27.7 Å². The van der Waals surface area contributed by atoms with E-state index in [0.717, 1.165) is 19.1 Å². The van der Waals surface area contributed by atoms with Crippen molar-refractivity contribution >= 4 is 33.2 Å². The summed E-state index contributed by atoms with van der Waals surface area (Å²) in [6.07, 6.45) is 3.05. The molecule has 1 saturated heterocycles. The summed E-state index contributed by atoms with van der Waals surface area (Å²) in [5.41, 5.74) is 7.60. The molecule has 2 aliphatic rings. The summed E-state index contributed by atoms with van der Waals surface area (Å²) in [7, 11) is -1.26. The van der Waals surface area contributed by atoms with Crippen molar-refractivity contribution in [2.45, 2.75) is 30.6 Å². The fourth-order valence-corrected chi connectivity index (χ4v) is 6.28. The van der Waals surface area contributed by atoms with Gasteiger partial charge >= 0.3 is 11.9 Å². The van der Waals surface area contributed by atoms with Crippen molar-refractivity contribution in [2.75, 3.05) is 43.4 Å². The first kappa shape index (κ1) is 28.7. The summed E-state index contributed by atoms with van der Waals surface area (Å²) in [5, 5.41) is 10.3. The van der Waals surface area contributed by atoms with Crippen LogP contribution in [0.4, 0.5) is 11.4 Å². The number of methoxy groups -OCH3 is 2. The van der Waals surface area contributed by atoms with Crippen LogP contribution >= 0.6 is 0 Å². The molecule has 2 aromatic rings. The van der Waals surface area contributed by atoms with E-state index >= 15 is 0 Å². The number of ether oxygens (including phenoxy) is 2. The van der Waals surface area contributed by atoms with E-state index in [2.05, 4.69) is 13.0 Å². The maximum Gasteiger partial charge on any atom is 0.355 e. The summed E-state index contributed by atoms with van der Waals surface area (Å²) in [6.45, 7) is 3.39. The second kappa shape index (κ2) is 11.4. The number of carbonyl (C=O) groups excluding carboxylic acids is 2. The van der Waals surface area contributed by atoms with Crippen LogP contribution in [0.3, 0.4) is 0 Å². The number of nitrogens with two attached hydrogens (primary N) is 1. The van der Waals surface area contributed by atoms with Crippen molar-refractivity contribution in [1.82, 2.24) is 0 Å². The SMILES string of the molecule is COC(=O)C1=C(C(=O)OC)N(c2ccc(S(C)(=O)=O)c(N3CCCC(C)C3)c2)C(N)=C(C#N)C1c1ccccc1. The van der Waals surface area contributed by atoms with Gasteiger partial charge in [-0.1, -0.05) is 37.3 Å². The second-order valence-electron chi connectivity index (χ2n) is 9.95. The Kier molecular flexibility index (Phi) is 8.21. The molecule has 40 heavy (non-hydrogen) atoms. The number of esters is 2. The van der Waals surface area contributed by atoms with Gasteiger partial charge in [-0.2, -0.15) is 5.26 Å². The number of carbonyl (C=O) groups is 2. The lowest BCUT2D eigenvalue weighted by Gasteiger charge is -2.37. The third kappa shape index (κ3) is 5.27. The minimum Gasteiger partial charge on any atom is -0.466 e. The van der Waals surface area contributed by atoms with Crippen LogP contribution in [0.5, 0.6) is 0 Å². The van der Waals surface area contributed by atoms with Crippen LogP contribution in [0, 0.1) is 17.2 Å². The van der Waals surface area contributed by atoms with E-state index in [9.17, 15) is 23.3 Å². The number of nitrogens with zero attached hydrogens (tertiary/aromatic N) is 3. The van der Waals surface area contributed by atoms with E-state index in [0.29, 0.717) is 35.9 Å². The fraction of sp³-hybridized carbons (Fsp3) is 0.345. The second-order valence-corrected chi connectivity index (χ2v) is 11.9. The Hall–Kier alpha value is -4.30. The molecule has 0 aromatic heterocycles. The summed E-state index contributed by atoms with van der Waals surface area (Å²) in [5.74, 6) is -2.45. The minimum absolute atomic E-state index is 0.0274. The summed E-state index contributed by atoms with van der Waals surface area (Å²) >= 11 is 0. The largest absolute Gasteiger partial charge is 0.466 e. The van der Waals surface area contributed by atoms with Crippen molar-refractivity contribution in [3.05, 3.63) is 76.8 Å². The monoisotopic (exact) mass is 564 g/mol. The number of nitriles is 1. The van der Waals surface area contributed by atoms with Gasteiger partial charge in [-0.3, -0.25) is 4.90 Å². The lowest BCUT2D eigenvalue weighted by atomic mass is 9.81. The molecule has 2 atom stereocenters. The summed E-state index contributed by atoms with van der Waals surface area (Å²) in [4.78, 5) is 30.0. The minimum atomic E-state index is -3.62. The molecule has 0 amide bonds. The third-order valence-corrected chi connectivity index (χ3v) is 8.35. The number of sulfone groups is 1. The van der Waals surface area contributed by atoms with Gasteiger partial charge in [0.1, 0.15) is 11.5 Å². The van der Waals surface area contributed by atoms with E-state index in [1.165, 1.54) is 31.3 Å². The van der Waals surface area contributed by atoms with Crippen LogP contribution in [0.2, 0.25) is 0 Å². The van der Waals surface area contributed by atoms with Crippen molar-refractivity contribution in [3.8, 4) is 6.07 Å². The molecule has 2 unspecified atom stereocenters. The highest BCUT2D eigenvalue weighted by Crippen LogP contribution is 2.44. The highest BCUT2D eigenvalue weighted by Gasteiger charge is 2.43. The molecule has 210 valence electrons. The molecule has 0 radical (unpaired) electrons. The number of hydrogen-bond donors (Lipinski definition) is 1. The molecule has 0 bridgehead atoms. The molecule has 4 rings (SSSR count). The normalized spacial score (nSPS) is 19.8. The van der Waals surface area contributed by atoms with Gasteiger partial charge in [0, 0.05) is 25.0 Å². The third-order valence-electron chi connectivity index (χ3n) is 7.21. The molecular weight excluding hydrogens is 532 g/mol. The molecule has 1 fully saturated rings. The van der Waals surface area contributed by atoms with E-state index in [1.54, 1.807) is 36.4 Å². The first-order valence-electron chi connectivity index (χ1n) is 12.8. The lowest BCUT2D eigenvalue weighted by Crippen LogP contribution is -2.41. The maximum absolute atomic E-state index is 13.4. The molecule has 2 aliphatic heterocycles. The first-order valence-corrected chi connectivity index (χ1v) is 14.7. The summed E-state index contributed by atoms with van der Waals surface area (Å²) in [6, 6.07) is 15.4. The van der Waals surface area contributed by atoms with Crippen LogP contribution in [0.1, 0.15) is 31.2 Å². The molecule has 2 heterocycles. The van der Waals surface area contributed by atoms with Crippen molar-refractivity contribution in [3.63, 3.8) is 0 Å². The van der Waals surface area contributed by atoms with Gasteiger partial charge in [-0.25, -0.2) is 18.0 Å². The van der Waals surface area contributed by atoms with Crippen molar-refractivity contribution < 1.29 is 27.5 Å². The number of hydrogen-bond acceptors (Lipinski definition) is 10. The number of anilines is 2. The molecule has 0 spiro atoms. The maximum atomic E-state index is 13.4. The highest BCUT2D eigenvalue weighted by atomic mass is 32.2. The predicted molar refractivity (Wildman–Crippen MR) is 150 cm³/mol. The zero-order valence-corrected chi connectivity index (χ0v) is 23.7. The Morgan fingerprint density at radius 3 is 2.33 bits per heavy atom. The van der Waals surface area contributed by atoms with Gasteiger partial charge in [-0.05, 0) is 42.5 Å². The zero-order chi connectivity index (χ0) is 29.2. The topological polar surface area (TPSA) is 143 Å². The molecular formula is C29H32N4O6S. The van der Waals surface area contributed by atoms with Crippen LogP contribution in [0.25, 0.3) is 0 Å². The average molecular weight is 565 g/mol.